The van der Waals surface area contributed by atoms with Crippen molar-refractivity contribution in [2.45, 2.75) is 164 Å². The van der Waals surface area contributed by atoms with Gasteiger partial charge >= 0.3 is 0 Å². The predicted molar refractivity (Wildman–Crippen MR) is 208 cm³/mol. The van der Waals surface area contributed by atoms with E-state index < -0.39 is 41.5 Å². The normalized spacial score (nSPS) is 15.4. The van der Waals surface area contributed by atoms with E-state index in [0.29, 0.717) is 28.3 Å². The van der Waals surface area contributed by atoms with Gasteiger partial charge in [-0.15, -0.1) is 0 Å². The van der Waals surface area contributed by atoms with Crippen molar-refractivity contribution in [2.75, 3.05) is 0 Å². The summed E-state index contributed by atoms with van der Waals surface area (Å²) in [6, 6.07) is 16.0. The first-order valence-electron chi connectivity index (χ1n) is 18.7. The first kappa shape index (κ1) is 45.5. The highest BCUT2D eigenvalue weighted by Crippen LogP contribution is 2.59. The highest BCUT2D eigenvalue weighted by Gasteiger charge is 2.47. The summed E-state index contributed by atoms with van der Waals surface area (Å²) in [5.74, 6) is 1.78. The van der Waals surface area contributed by atoms with E-state index in [9.17, 15) is 14.2 Å². The monoisotopic (exact) mass is 774 g/mol. The van der Waals surface area contributed by atoms with Gasteiger partial charge in [-0.2, -0.15) is 0 Å². The lowest BCUT2D eigenvalue weighted by Crippen LogP contribution is -2.50. The molecule has 11 nitrogen and oxygen atoms in total. The number of ketones is 2. The van der Waals surface area contributed by atoms with Crippen molar-refractivity contribution in [3.8, 4) is 0 Å². The Morgan fingerprint density at radius 2 is 1.02 bits per heavy atom. The number of ether oxygens (including phenoxy) is 5. The molecule has 54 heavy (non-hydrogen) atoms. The Morgan fingerprint density at radius 1 is 0.593 bits per heavy atom. The summed E-state index contributed by atoms with van der Waals surface area (Å²) in [6.07, 6.45) is -1.34. The molecule has 0 bridgehead atoms. The van der Waals surface area contributed by atoms with Crippen molar-refractivity contribution in [1.29, 1.82) is 0 Å². The van der Waals surface area contributed by atoms with Gasteiger partial charge in [-0.3, -0.25) is 14.2 Å². The molecular weight excluding hydrogens is 711 g/mol. The van der Waals surface area contributed by atoms with Crippen molar-refractivity contribution in [1.82, 2.24) is 0 Å². The van der Waals surface area contributed by atoms with Crippen molar-refractivity contribution in [2.24, 2.45) is 5.41 Å². The summed E-state index contributed by atoms with van der Waals surface area (Å²) in [6.45, 7) is 25.5. The molecule has 12 heteroatoms. The van der Waals surface area contributed by atoms with Crippen LogP contribution in [0.25, 0.3) is 0 Å². The van der Waals surface area contributed by atoms with Crippen LogP contribution in [0.5, 0.6) is 0 Å². The third-order valence-corrected chi connectivity index (χ3v) is 12.8. The lowest BCUT2D eigenvalue weighted by atomic mass is 9.72. The molecule has 3 rings (SSSR count). The van der Waals surface area contributed by atoms with Crippen LogP contribution < -0.4 is 5.30 Å². The molecule has 0 spiro atoms. The van der Waals surface area contributed by atoms with Crippen LogP contribution in [0.3, 0.4) is 0 Å². The maximum Gasteiger partial charge on any atom is 0.262 e. The number of benzene rings is 1. The first-order valence-corrected chi connectivity index (χ1v) is 20.3. The minimum Gasteiger partial charge on any atom is -0.461 e. The average molecular weight is 775 g/mol. The van der Waals surface area contributed by atoms with Crippen LogP contribution in [-0.2, 0) is 68.8 Å². The molecular formula is C42H63O11P. The maximum atomic E-state index is 14.8. The van der Waals surface area contributed by atoms with Crippen molar-refractivity contribution >= 4 is 24.2 Å². The Balaban J connectivity index is 1.66. The fraction of sp³-hybridized carbons (Fsp3) is 0.619. The maximum absolute atomic E-state index is 14.8. The third-order valence-electron chi connectivity index (χ3n) is 9.75. The molecule has 3 atom stereocenters. The molecule has 0 aliphatic carbocycles. The van der Waals surface area contributed by atoms with Gasteiger partial charge in [0.25, 0.3) is 7.37 Å². The van der Waals surface area contributed by atoms with Gasteiger partial charge in [-0.05, 0) is 119 Å². The van der Waals surface area contributed by atoms with E-state index in [-0.39, 0.29) is 50.2 Å². The predicted octanol–water partition coefficient (Wildman–Crippen LogP) is 9.33. The second-order valence-corrected chi connectivity index (χ2v) is 19.2. The molecule has 0 N–H and O–H groups in total. The lowest BCUT2D eigenvalue weighted by molar-refractivity contribution is -0.164. The number of carbonyl (C=O) groups excluding carboxylic acids is 2. The second kappa shape index (κ2) is 18.4. The standard InChI is InChI=1S/C42H63O11P/c1-28(2)50-30(5)37(43)39(7,8)41(11,12)47-25-33-22-23-35(53-33)27-49-54(45,36-18-16-15-17-19-36)42(13,14)48-26-34-21-20-32(52-34)24-46-40(9,10)38(44)31(6)51-29(3)4/h15-23,28-31H,24-27H2,1-14H3. The van der Waals surface area contributed by atoms with Crippen molar-refractivity contribution in [3.05, 3.63) is 77.6 Å². The molecule has 1 aromatic carbocycles. The molecule has 0 saturated carbocycles. The molecule has 2 heterocycles. The lowest BCUT2D eigenvalue weighted by Gasteiger charge is -2.41. The summed E-state index contributed by atoms with van der Waals surface area (Å²) >= 11 is 0. The molecule has 3 aromatic rings. The molecule has 0 radical (unpaired) electrons. The van der Waals surface area contributed by atoms with Gasteiger partial charge < -0.3 is 37.0 Å². The molecule has 0 fully saturated rings. The minimum absolute atomic E-state index is 0.00795. The zero-order chi connectivity index (χ0) is 40.7. The highest BCUT2D eigenvalue weighted by atomic mass is 31.2. The first-order chi connectivity index (χ1) is 24.9. The third kappa shape index (κ3) is 11.6. The van der Waals surface area contributed by atoms with Crippen LogP contribution >= 0.6 is 7.37 Å². The number of rotatable bonds is 23. The summed E-state index contributed by atoms with van der Waals surface area (Å²) < 4.78 is 63.0. The van der Waals surface area contributed by atoms with Gasteiger partial charge in [0.1, 0.15) is 72.6 Å². The molecule has 3 unspecified atom stereocenters. The summed E-state index contributed by atoms with van der Waals surface area (Å²) in [5, 5.41) is -0.791. The Kier molecular flexibility index (Phi) is 15.5. The SMILES string of the molecule is CC(C)OC(C)C(=O)C(C)(C)OCc1ccc(COC(C)(C)P(=O)(OCc2ccc(COC(C)(C)C(C)(C)C(=O)C(C)OC(C)C)o2)c2ccccc2)o1. The molecule has 302 valence electrons. The molecule has 0 aliphatic rings. The molecule has 0 amide bonds. The smallest absolute Gasteiger partial charge is 0.262 e. The van der Waals surface area contributed by atoms with E-state index in [4.69, 9.17) is 37.0 Å². The Morgan fingerprint density at radius 3 is 1.50 bits per heavy atom. The molecule has 2 aromatic heterocycles. The van der Waals surface area contributed by atoms with Crippen LogP contribution in [0, 0.1) is 5.41 Å². The fourth-order valence-corrected chi connectivity index (χ4v) is 7.99. The van der Waals surface area contributed by atoms with Gasteiger partial charge in [0.15, 0.2) is 11.6 Å². The van der Waals surface area contributed by atoms with Gasteiger partial charge in [-0.1, -0.05) is 32.0 Å². The van der Waals surface area contributed by atoms with Gasteiger partial charge in [0, 0.05) is 5.30 Å². The number of carbonyl (C=O) groups is 2. The van der Waals surface area contributed by atoms with E-state index in [0.717, 1.165) is 0 Å². The van der Waals surface area contributed by atoms with Crippen LogP contribution in [0.2, 0.25) is 0 Å². The largest absolute Gasteiger partial charge is 0.461 e. The minimum atomic E-state index is -3.70. The van der Waals surface area contributed by atoms with Crippen molar-refractivity contribution in [3.63, 3.8) is 0 Å². The number of furan rings is 2. The Hall–Kier alpha value is -2.89. The summed E-state index contributed by atoms with van der Waals surface area (Å²) in [5.41, 5.74) is -2.78. The van der Waals surface area contributed by atoms with E-state index in [1.54, 1.807) is 90.1 Å². The van der Waals surface area contributed by atoms with E-state index >= 15 is 0 Å². The zero-order valence-corrected chi connectivity index (χ0v) is 35.7. The summed E-state index contributed by atoms with van der Waals surface area (Å²) in [4.78, 5) is 26.2. The zero-order valence-electron chi connectivity index (χ0n) is 34.8. The topological polar surface area (TPSA) is 133 Å². The van der Waals surface area contributed by atoms with E-state index in [2.05, 4.69) is 0 Å². The van der Waals surface area contributed by atoms with Crippen LogP contribution in [-0.4, -0.2) is 52.5 Å². The second-order valence-electron chi connectivity index (χ2n) is 16.2. The van der Waals surface area contributed by atoms with Gasteiger partial charge in [0.2, 0.25) is 0 Å². The number of Topliss-reactive ketones (excluding diaryl/α,β-unsaturated/α-hetero) is 2. The number of hydrogen-bond acceptors (Lipinski definition) is 11. The van der Waals surface area contributed by atoms with Crippen LogP contribution in [0.4, 0.5) is 0 Å². The fourth-order valence-electron chi connectivity index (χ4n) is 5.80. The highest BCUT2D eigenvalue weighted by molar-refractivity contribution is 7.68. The summed E-state index contributed by atoms with van der Waals surface area (Å²) in [7, 11) is -3.70. The van der Waals surface area contributed by atoms with E-state index in [1.807, 2.05) is 61.5 Å². The van der Waals surface area contributed by atoms with Gasteiger partial charge in [-0.25, -0.2) is 0 Å². The average Bonchev–Trinajstić information content (AvgIpc) is 3.76. The Bertz CT molecular complexity index is 1700. The Labute approximate surface area is 322 Å². The van der Waals surface area contributed by atoms with Gasteiger partial charge in [0.05, 0.1) is 23.2 Å². The van der Waals surface area contributed by atoms with Crippen LogP contribution in [0.1, 0.15) is 120 Å². The van der Waals surface area contributed by atoms with Crippen LogP contribution in [0.15, 0.2) is 63.4 Å². The molecule has 0 aliphatic heterocycles. The molecule has 0 saturated heterocycles. The van der Waals surface area contributed by atoms with Crippen molar-refractivity contribution < 1.29 is 51.2 Å². The number of hydrogen-bond donors (Lipinski definition) is 0. The van der Waals surface area contributed by atoms with E-state index in [1.165, 1.54) is 0 Å². The quantitative estimate of drug-likeness (QED) is 0.0854.